The zero-order valence-electron chi connectivity index (χ0n) is 13.3. The number of fused-ring (bicyclic) bond motifs is 1. The van der Waals surface area contributed by atoms with Crippen molar-refractivity contribution in [1.82, 2.24) is 19.6 Å². The average Bonchev–Trinajstić information content (AvgIpc) is 2.98. The van der Waals surface area contributed by atoms with Gasteiger partial charge in [0.1, 0.15) is 12.1 Å². The van der Waals surface area contributed by atoms with E-state index in [0.29, 0.717) is 18.9 Å². The molecule has 2 aliphatic rings. The number of aromatic nitrogens is 4. The summed E-state index contributed by atoms with van der Waals surface area (Å²) in [5, 5.41) is 4.26. The van der Waals surface area contributed by atoms with Crippen LogP contribution in [0, 0.1) is 6.92 Å². The van der Waals surface area contributed by atoms with Crippen LogP contribution in [0.1, 0.15) is 37.8 Å². The molecule has 8 heteroatoms. The third kappa shape index (κ3) is 2.31. The van der Waals surface area contributed by atoms with Crippen LogP contribution >= 0.6 is 0 Å². The van der Waals surface area contributed by atoms with Crippen molar-refractivity contribution in [2.45, 2.75) is 43.8 Å². The first-order chi connectivity index (χ1) is 11.0. The molecule has 0 amide bonds. The van der Waals surface area contributed by atoms with Crippen molar-refractivity contribution in [2.24, 2.45) is 0 Å². The van der Waals surface area contributed by atoms with Gasteiger partial charge in [0, 0.05) is 24.8 Å². The van der Waals surface area contributed by atoms with Gasteiger partial charge in [-0.3, -0.25) is 0 Å². The molecule has 2 aromatic heterocycles. The molecular formula is C15H21N5O2S. The molecule has 3 heterocycles. The van der Waals surface area contributed by atoms with Gasteiger partial charge in [0.15, 0.2) is 9.84 Å². The van der Waals surface area contributed by atoms with E-state index < -0.39 is 14.6 Å². The van der Waals surface area contributed by atoms with E-state index >= 15 is 0 Å². The highest BCUT2D eigenvalue weighted by Crippen LogP contribution is 2.39. The van der Waals surface area contributed by atoms with E-state index in [2.05, 4.69) is 20.0 Å². The van der Waals surface area contributed by atoms with Crippen molar-refractivity contribution < 1.29 is 8.42 Å². The molecule has 1 aliphatic carbocycles. The van der Waals surface area contributed by atoms with Crippen LogP contribution in [-0.2, 0) is 9.84 Å². The van der Waals surface area contributed by atoms with E-state index in [1.54, 1.807) is 4.52 Å². The molecule has 0 unspecified atom stereocenters. The predicted molar refractivity (Wildman–Crippen MR) is 87.3 cm³/mol. The molecule has 1 saturated carbocycles. The molecule has 0 N–H and O–H groups in total. The van der Waals surface area contributed by atoms with Crippen molar-refractivity contribution in [3.63, 3.8) is 0 Å². The van der Waals surface area contributed by atoms with Crippen molar-refractivity contribution in [2.75, 3.05) is 23.7 Å². The van der Waals surface area contributed by atoms with Gasteiger partial charge < -0.3 is 4.90 Å². The molecule has 1 spiro atoms. The fraction of sp³-hybridized carbons (Fsp3) is 0.667. The van der Waals surface area contributed by atoms with Crippen molar-refractivity contribution in [1.29, 1.82) is 0 Å². The highest BCUT2D eigenvalue weighted by Gasteiger charge is 2.48. The molecule has 2 fully saturated rings. The Morgan fingerprint density at radius 3 is 2.78 bits per heavy atom. The van der Waals surface area contributed by atoms with Crippen LogP contribution in [-0.4, -0.2) is 51.6 Å². The maximum atomic E-state index is 12.7. The molecule has 1 saturated heterocycles. The molecule has 2 aromatic rings. The van der Waals surface area contributed by atoms with Crippen LogP contribution < -0.4 is 4.90 Å². The van der Waals surface area contributed by atoms with E-state index in [9.17, 15) is 8.42 Å². The summed E-state index contributed by atoms with van der Waals surface area (Å²) in [6.07, 6.45) is 6.18. The first-order valence-electron chi connectivity index (χ1n) is 8.15. The Morgan fingerprint density at radius 1 is 1.22 bits per heavy atom. The molecule has 23 heavy (non-hydrogen) atoms. The van der Waals surface area contributed by atoms with Crippen LogP contribution in [0.15, 0.2) is 12.4 Å². The minimum absolute atomic E-state index is 0.213. The van der Waals surface area contributed by atoms with Crippen molar-refractivity contribution in [3.05, 3.63) is 18.1 Å². The molecule has 1 aliphatic heterocycles. The SMILES string of the molecule is Cc1cc(N2CCS(=O)(=O)C3(CCCCC3)C2)n2ncnc2n1. The zero-order chi connectivity index (χ0) is 16.1. The average molecular weight is 335 g/mol. The summed E-state index contributed by atoms with van der Waals surface area (Å²) in [4.78, 5) is 10.7. The smallest absolute Gasteiger partial charge is 0.254 e. The van der Waals surface area contributed by atoms with Crippen molar-refractivity contribution >= 4 is 21.4 Å². The summed E-state index contributed by atoms with van der Waals surface area (Å²) in [6.45, 7) is 2.98. The summed E-state index contributed by atoms with van der Waals surface area (Å²) >= 11 is 0. The summed E-state index contributed by atoms with van der Waals surface area (Å²) in [7, 11) is -3.04. The molecule has 0 radical (unpaired) electrons. The number of hydrogen-bond donors (Lipinski definition) is 0. The molecule has 0 bridgehead atoms. The Morgan fingerprint density at radius 2 is 2.00 bits per heavy atom. The number of rotatable bonds is 1. The normalized spacial score (nSPS) is 23.4. The number of hydrogen-bond acceptors (Lipinski definition) is 6. The molecular weight excluding hydrogens is 314 g/mol. The Hall–Kier alpha value is -1.70. The second-order valence-electron chi connectivity index (χ2n) is 6.71. The fourth-order valence-corrected chi connectivity index (χ4v) is 6.13. The van der Waals surface area contributed by atoms with Gasteiger partial charge in [0.05, 0.1) is 10.5 Å². The molecule has 4 rings (SSSR count). The van der Waals surface area contributed by atoms with Crippen LogP contribution in [0.3, 0.4) is 0 Å². The van der Waals surface area contributed by atoms with Gasteiger partial charge in [-0.2, -0.15) is 14.6 Å². The van der Waals surface area contributed by atoms with Gasteiger partial charge in [0.2, 0.25) is 0 Å². The molecule has 0 aromatic carbocycles. The monoisotopic (exact) mass is 335 g/mol. The Kier molecular flexibility index (Phi) is 3.33. The summed E-state index contributed by atoms with van der Waals surface area (Å²) in [5.41, 5.74) is 0.867. The Balaban J connectivity index is 1.76. The lowest BCUT2D eigenvalue weighted by molar-refractivity contribution is 0.362. The molecule has 7 nitrogen and oxygen atoms in total. The van der Waals surface area contributed by atoms with E-state index in [0.717, 1.165) is 43.6 Å². The van der Waals surface area contributed by atoms with Crippen LogP contribution in [0.4, 0.5) is 5.82 Å². The minimum Gasteiger partial charge on any atom is -0.354 e. The predicted octanol–water partition coefficient (Wildman–Crippen LogP) is 1.37. The van der Waals surface area contributed by atoms with Crippen LogP contribution in [0.25, 0.3) is 5.78 Å². The first kappa shape index (κ1) is 14.9. The number of sulfone groups is 1. The highest BCUT2D eigenvalue weighted by molar-refractivity contribution is 7.92. The number of aryl methyl sites for hydroxylation is 1. The Bertz CT molecular complexity index is 839. The number of anilines is 1. The maximum absolute atomic E-state index is 12.7. The second kappa shape index (κ2) is 5.15. The molecule has 0 atom stereocenters. The topological polar surface area (TPSA) is 80.5 Å². The lowest BCUT2D eigenvalue weighted by Crippen LogP contribution is -2.57. The number of nitrogens with zero attached hydrogens (tertiary/aromatic N) is 5. The van der Waals surface area contributed by atoms with E-state index in [1.165, 1.54) is 6.33 Å². The van der Waals surface area contributed by atoms with Crippen LogP contribution in [0.5, 0.6) is 0 Å². The third-order valence-electron chi connectivity index (χ3n) is 5.22. The maximum Gasteiger partial charge on any atom is 0.254 e. The third-order valence-corrected chi connectivity index (χ3v) is 7.80. The lowest BCUT2D eigenvalue weighted by Gasteiger charge is -2.45. The largest absolute Gasteiger partial charge is 0.354 e. The van der Waals surface area contributed by atoms with Gasteiger partial charge in [-0.15, -0.1) is 0 Å². The highest BCUT2D eigenvalue weighted by atomic mass is 32.2. The van der Waals surface area contributed by atoms with E-state index in [1.807, 2.05) is 13.0 Å². The van der Waals surface area contributed by atoms with Gasteiger partial charge in [0.25, 0.3) is 5.78 Å². The van der Waals surface area contributed by atoms with Gasteiger partial charge in [-0.05, 0) is 19.8 Å². The van der Waals surface area contributed by atoms with E-state index in [4.69, 9.17) is 0 Å². The second-order valence-corrected chi connectivity index (χ2v) is 9.22. The fourth-order valence-electron chi connectivity index (χ4n) is 3.97. The van der Waals surface area contributed by atoms with Gasteiger partial charge >= 0.3 is 0 Å². The summed E-state index contributed by atoms with van der Waals surface area (Å²) in [6, 6.07) is 1.97. The Labute approximate surface area is 135 Å². The molecule has 124 valence electrons. The van der Waals surface area contributed by atoms with Gasteiger partial charge in [-0.1, -0.05) is 19.3 Å². The minimum atomic E-state index is -3.04. The first-order valence-corrected chi connectivity index (χ1v) is 9.81. The van der Waals surface area contributed by atoms with E-state index in [-0.39, 0.29) is 5.75 Å². The van der Waals surface area contributed by atoms with Gasteiger partial charge in [-0.25, -0.2) is 13.4 Å². The van der Waals surface area contributed by atoms with Crippen molar-refractivity contribution in [3.8, 4) is 0 Å². The van der Waals surface area contributed by atoms with Crippen LogP contribution in [0.2, 0.25) is 0 Å². The summed E-state index contributed by atoms with van der Waals surface area (Å²) < 4.78 is 26.6. The standard InChI is InChI=1S/C15H21N5O2S/c1-12-9-13(20-14(18-12)16-11-17-20)19-7-8-23(21,22)15(10-19)5-3-2-4-6-15/h9,11H,2-8,10H2,1H3. The lowest BCUT2D eigenvalue weighted by atomic mass is 9.87. The zero-order valence-corrected chi connectivity index (χ0v) is 14.1. The quantitative estimate of drug-likeness (QED) is 0.783. The summed E-state index contributed by atoms with van der Waals surface area (Å²) in [5.74, 6) is 1.67.